The molecule has 46 heavy (non-hydrogen) atoms. The summed E-state index contributed by atoms with van der Waals surface area (Å²) < 4.78 is 45.1. The summed E-state index contributed by atoms with van der Waals surface area (Å²) in [5.41, 5.74) is 4.36. The van der Waals surface area contributed by atoms with Crippen molar-refractivity contribution in [3.05, 3.63) is 125 Å². The van der Waals surface area contributed by atoms with Crippen LogP contribution in [0, 0.1) is 11.6 Å². The summed E-state index contributed by atoms with van der Waals surface area (Å²) in [6.45, 7) is 2.49. The molecule has 1 atom stereocenters. The number of carboxylic acid groups (broad SMARTS) is 2. The van der Waals surface area contributed by atoms with Gasteiger partial charge in [-0.3, -0.25) is 4.90 Å². The van der Waals surface area contributed by atoms with E-state index in [4.69, 9.17) is 34.0 Å². The van der Waals surface area contributed by atoms with Crippen LogP contribution in [0.5, 0.6) is 17.2 Å². The van der Waals surface area contributed by atoms with Gasteiger partial charge in [-0.15, -0.1) is 0 Å². The molecule has 4 aromatic rings. The second-order valence-corrected chi connectivity index (χ2v) is 10.8. The quantitative estimate of drug-likeness (QED) is 0.185. The molecular weight excluding hydrogens is 596 g/mol. The molecule has 5 rings (SSSR count). The fraction of sp³-hybridized carbons (Fsp3) is 0.278. The summed E-state index contributed by atoms with van der Waals surface area (Å²) in [5, 5.41) is 14.8. The van der Waals surface area contributed by atoms with Gasteiger partial charge < -0.3 is 24.4 Å². The van der Waals surface area contributed by atoms with Crippen LogP contribution in [0.25, 0.3) is 0 Å². The van der Waals surface area contributed by atoms with E-state index in [1.807, 2.05) is 60.7 Å². The van der Waals surface area contributed by atoms with Crippen molar-refractivity contribution in [3.63, 3.8) is 0 Å². The number of carbonyl (C=O) groups is 2. The minimum absolute atomic E-state index is 0.0512. The summed E-state index contributed by atoms with van der Waals surface area (Å²) >= 11 is 0. The molecule has 0 saturated carbocycles. The number of hydrogen-bond acceptors (Lipinski definition) is 6. The van der Waals surface area contributed by atoms with E-state index < -0.39 is 11.9 Å². The number of ether oxygens (including phenoxy) is 3. The van der Waals surface area contributed by atoms with Crippen molar-refractivity contribution in [1.82, 2.24) is 4.90 Å². The maximum absolute atomic E-state index is 13.7. The molecule has 0 aromatic heterocycles. The zero-order chi connectivity index (χ0) is 33.1. The number of carboxylic acids is 2. The summed E-state index contributed by atoms with van der Waals surface area (Å²) in [4.78, 5) is 20.6. The molecule has 1 aliphatic heterocycles. The molecule has 0 spiro atoms. The zero-order valence-electron chi connectivity index (χ0n) is 25.7. The first-order valence-corrected chi connectivity index (χ1v) is 14.8. The molecule has 0 amide bonds. The van der Waals surface area contributed by atoms with Gasteiger partial charge in [-0.1, -0.05) is 42.5 Å². The van der Waals surface area contributed by atoms with Crippen LogP contribution in [0.1, 0.15) is 47.1 Å². The highest BCUT2D eigenvalue weighted by Gasteiger charge is 2.27. The summed E-state index contributed by atoms with van der Waals surface area (Å²) in [7, 11) is 3.31. The Morgan fingerprint density at radius 2 is 1.37 bits per heavy atom. The Bertz CT molecular complexity index is 1520. The van der Waals surface area contributed by atoms with Crippen molar-refractivity contribution in [1.29, 1.82) is 0 Å². The van der Waals surface area contributed by atoms with E-state index in [-0.39, 0.29) is 23.7 Å². The van der Waals surface area contributed by atoms with E-state index in [1.165, 1.54) is 29.8 Å². The van der Waals surface area contributed by atoms with Gasteiger partial charge in [0.25, 0.3) is 0 Å². The van der Waals surface area contributed by atoms with E-state index in [0.717, 1.165) is 67.1 Å². The topological polar surface area (TPSA) is 106 Å². The monoisotopic (exact) mass is 633 g/mol. The minimum atomic E-state index is -1.82. The van der Waals surface area contributed by atoms with Crippen molar-refractivity contribution in [2.45, 2.75) is 31.3 Å². The van der Waals surface area contributed by atoms with Crippen LogP contribution in [-0.4, -0.2) is 60.9 Å². The van der Waals surface area contributed by atoms with Gasteiger partial charge in [0.1, 0.15) is 23.5 Å². The molecule has 0 bridgehead atoms. The van der Waals surface area contributed by atoms with E-state index >= 15 is 0 Å². The maximum atomic E-state index is 13.7. The first-order valence-electron chi connectivity index (χ1n) is 14.8. The van der Waals surface area contributed by atoms with E-state index in [1.54, 1.807) is 14.2 Å². The van der Waals surface area contributed by atoms with Crippen LogP contribution >= 0.6 is 0 Å². The molecular formula is C36H37F2NO7. The molecule has 0 fully saturated rings. The molecule has 2 N–H and O–H groups in total. The second kappa shape index (κ2) is 16.4. The number of benzene rings is 4. The van der Waals surface area contributed by atoms with Gasteiger partial charge in [-0.05, 0) is 91.0 Å². The summed E-state index contributed by atoms with van der Waals surface area (Å²) in [6.07, 6.45) is 2.46. The Morgan fingerprint density at radius 1 is 0.826 bits per heavy atom. The van der Waals surface area contributed by atoms with Crippen LogP contribution in [0.15, 0.2) is 91.0 Å². The first-order chi connectivity index (χ1) is 22.2. The van der Waals surface area contributed by atoms with Crippen LogP contribution in [-0.2, 0) is 16.0 Å². The Labute approximate surface area is 266 Å². The molecule has 1 unspecified atom stereocenters. The summed E-state index contributed by atoms with van der Waals surface area (Å²) in [6, 6.07) is 27.3. The van der Waals surface area contributed by atoms with Crippen molar-refractivity contribution in [2.75, 3.05) is 33.9 Å². The number of hydrogen-bond donors (Lipinski definition) is 2. The number of fused-ring (bicyclic) bond motifs is 1. The van der Waals surface area contributed by atoms with E-state index in [9.17, 15) is 8.78 Å². The molecule has 1 aliphatic rings. The number of aliphatic carboxylic acids is 2. The van der Waals surface area contributed by atoms with Crippen molar-refractivity contribution >= 4 is 11.9 Å². The lowest BCUT2D eigenvalue weighted by Gasteiger charge is -2.27. The molecule has 0 aliphatic carbocycles. The van der Waals surface area contributed by atoms with Gasteiger partial charge in [-0.2, -0.15) is 0 Å². The highest BCUT2D eigenvalue weighted by Crippen LogP contribution is 2.37. The standard InChI is InChI=1S/C34H35F2NO3.C2H2O4/c1-38-32-21-26-18-20-37(23-34(31(26)22-33(32)39-2)40-29-7-4-3-5-8-29)19-6-9-30(24-10-14-27(35)15-11-24)25-12-16-28(36)17-13-25;3-1(4)2(5)6/h3-5,7-8,10-17,21-22,30,34H,6,9,18-20,23H2,1-2H3;(H,3,4)(H,5,6). The Morgan fingerprint density at radius 3 is 1.89 bits per heavy atom. The van der Waals surface area contributed by atoms with Crippen LogP contribution in [0.4, 0.5) is 8.78 Å². The lowest BCUT2D eigenvalue weighted by atomic mass is 9.87. The number of nitrogens with zero attached hydrogens (tertiary/aromatic N) is 1. The van der Waals surface area contributed by atoms with Crippen molar-refractivity contribution in [2.24, 2.45) is 0 Å². The highest BCUT2D eigenvalue weighted by molar-refractivity contribution is 6.27. The van der Waals surface area contributed by atoms with Gasteiger partial charge in [-0.25, -0.2) is 18.4 Å². The number of halogens is 2. The minimum Gasteiger partial charge on any atom is -0.493 e. The third-order valence-corrected chi connectivity index (χ3v) is 7.83. The summed E-state index contributed by atoms with van der Waals surface area (Å²) in [5.74, 6) is -1.89. The average molecular weight is 634 g/mol. The van der Waals surface area contributed by atoms with E-state index in [0.29, 0.717) is 5.75 Å². The lowest BCUT2D eigenvalue weighted by Crippen LogP contribution is -2.31. The third-order valence-electron chi connectivity index (χ3n) is 7.83. The van der Waals surface area contributed by atoms with Gasteiger partial charge >= 0.3 is 11.9 Å². The van der Waals surface area contributed by atoms with Gasteiger partial charge in [0.2, 0.25) is 0 Å². The molecule has 10 heteroatoms. The molecule has 0 saturated heterocycles. The SMILES string of the molecule is COc1cc2c(cc1OC)C(Oc1ccccc1)CN(CCCC(c1ccc(F)cc1)c1ccc(F)cc1)CC2.O=C(O)C(=O)O. The smallest absolute Gasteiger partial charge is 0.414 e. The van der Waals surface area contributed by atoms with E-state index in [2.05, 4.69) is 11.0 Å². The molecule has 8 nitrogen and oxygen atoms in total. The Balaban J connectivity index is 0.000000731. The molecule has 0 radical (unpaired) electrons. The predicted octanol–water partition coefficient (Wildman–Crippen LogP) is 6.73. The third kappa shape index (κ3) is 9.28. The van der Waals surface area contributed by atoms with Gasteiger partial charge in [0, 0.05) is 24.6 Å². The Kier molecular flexibility index (Phi) is 12.1. The zero-order valence-corrected chi connectivity index (χ0v) is 25.7. The Hall–Kier alpha value is -4.96. The number of rotatable bonds is 10. The number of para-hydroxylation sites is 1. The van der Waals surface area contributed by atoms with Crippen LogP contribution < -0.4 is 14.2 Å². The fourth-order valence-electron chi connectivity index (χ4n) is 5.56. The average Bonchev–Trinajstić information content (AvgIpc) is 3.22. The van der Waals surface area contributed by atoms with Crippen LogP contribution in [0.3, 0.4) is 0 Å². The first kappa shape index (κ1) is 33.9. The lowest BCUT2D eigenvalue weighted by molar-refractivity contribution is -0.159. The largest absolute Gasteiger partial charge is 0.493 e. The normalized spacial score (nSPS) is 14.3. The fourth-order valence-corrected chi connectivity index (χ4v) is 5.56. The highest BCUT2D eigenvalue weighted by atomic mass is 19.1. The van der Waals surface area contributed by atoms with Gasteiger partial charge in [0.05, 0.1) is 14.2 Å². The molecule has 242 valence electrons. The van der Waals surface area contributed by atoms with Crippen LogP contribution in [0.2, 0.25) is 0 Å². The molecule has 1 heterocycles. The second-order valence-electron chi connectivity index (χ2n) is 10.8. The number of methoxy groups -OCH3 is 2. The predicted molar refractivity (Wildman–Crippen MR) is 169 cm³/mol. The maximum Gasteiger partial charge on any atom is 0.414 e. The van der Waals surface area contributed by atoms with Crippen molar-refractivity contribution < 1.29 is 42.8 Å². The van der Waals surface area contributed by atoms with Crippen molar-refractivity contribution in [3.8, 4) is 17.2 Å². The molecule has 4 aromatic carbocycles. The van der Waals surface area contributed by atoms with Gasteiger partial charge in [0.15, 0.2) is 11.5 Å².